The van der Waals surface area contributed by atoms with Crippen LogP contribution in [0.1, 0.15) is 20.8 Å². The van der Waals surface area contributed by atoms with Crippen molar-refractivity contribution < 1.29 is 0 Å². The fourth-order valence-corrected chi connectivity index (χ4v) is 1.80. The molecule has 2 heterocycles. The first-order valence-electron chi connectivity index (χ1n) is 7.15. The van der Waals surface area contributed by atoms with E-state index in [9.17, 15) is 0 Å². The van der Waals surface area contributed by atoms with Crippen molar-refractivity contribution in [1.29, 1.82) is 0 Å². The summed E-state index contributed by atoms with van der Waals surface area (Å²) < 4.78 is 0. The third-order valence-corrected chi connectivity index (χ3v) is 3.00. The van der Waals surface area contributed by atoms with E-state index < -0.39 is 0 Å². The molecule has 4 nitrogen and oxygen atoms in total. The number of hydrogen-bond donors (Lipinski definition) is 2. The Morgan fingerprint density at radius 3 is 1.47 bits per heavy atom. The van der Waals surface area contributed by atoms with Crippen molar-refractivity contribution in [3.05, 3.63) is 0 Å². The van der Waals surface area contributed by atoms with Crippen LogP contribution in [0.15, 0.2) is 0 Å². The van der Waals surface area contributed by atoms with Crippen LogP contribution >= 0.6 is 0 Å². The van der Waals surface area contributed by atoms with Gasteiger partial charge in [0.15, 0.2) is 0 Å². The summed E-state index contributed by atoms with van der Waals surface area (Å²) in [5.41, 5.74) is 0. The standard InChI is InChI=1S/C6H14N2.C5H12N2.C2H6/c1-2-8-5-3-7-4-6-8;1-7-4-2-6-3-5-7;1-2/h7H,2-6H2,1H3;6H,2-5H2,1H3;1-2H3. The summed E-state index contributed by atoms with van der Waals surface area (Å²) in [6, 6.07) is 0. The van der Waals surface area contributed by atoms with Gasteiger partial charge in [0.05, 0.1) is 0 Å². The smallest absolute Gasteiger partial charge is 0.0107 e. The van der Waals surface area contributed by atoms with Gasteiger partial charge in [0, 0.05) is 52.4 Å². The molecule has 0 radical (unpaired) electrons. The van der Waals surface area contributed by atoms with Gasteiger partial charge < -0.3 is 20.4 Å². The molecule has 0 amide bonds. The fraction of sp³-hybridized carbons (Fsp3) is 1.00. The number of nitrogens with one attached hydrogen (secondary N) is 2. The van der Waals surface area contributed by atoms with Crippen molar-refractivity contribution in [1.82, 2.24) is 20.4 Å². The Morgan fingerprint density at radius 2 is 1.24 bits per heavy atom. The minimum Gasteiger partial charge on any atom is -0.314 e. The molecule has 0 aromatic rings. The quantitative estimate of drug-likeness (QED) is 0.701. The maximum Gasteiger partial charge on any atom is 0.0107 e. The van der Waals surface area contributed by atoms with Gasteiger partial charge in [0.25, 0.3) is 0 Å². The predicted molar refractivity (Wildman–Crippen MR) is 76.7 cm³/mol. The van der Waals surface area contributed by atoms with Gasteiger partial charge in [-0.15, -0.1) is 0 Å². The zero-order valence-electron chi connectivity index (χ0n) is 12.3. The molecule has 0 atom stereocenters. The van der Waals surface area contributed by atoms with Crippen LogP contribution < -0.4 is 10.6 Å². The summed E-state index contributed by atoms with van der Waals surface area (Å²) >= 11 is 0. The van der Waals surface area contributed by atoms with Gasteiger partial charge in [-0.2, -0.15) is 0 Å². The number of nitrogens with zero attached hydrogens (tertiary/aromatic N) is 2. The molecule has 2 saturated heterocycles. The lowest BCUT2D eigenvalue weighted by Gasteiger charge is -2.25. The Morgan fingerprint density at radius 1 is 0.824 bits per heavy atom. The highest BCUT2D eigenvalue weighted by Crippen LogP contribution is 1.88. The first-order chi connectivity index (χ1) is 8.33. The average molecular weight is 244 g/mol. The molecule has 0 saturated carbocycles. The molecule has 0 aliphatic carbocycles. The summed E-state index contributed by atoms with van der Waals surface area (Å²) in [4.78, 5) is 4.78. The molecule has 0 aromatic heterocycles. The van der Waals surface area contributed by atoms with Crippen molar-refractivity contribution in [3.8, 4) is 0 Å². The molecule has 4 heteroatoms. The van der Waals surface area contributed by atoms with Gasteiger partial charge in [0.2, 0.25) is 0 Å². The summed E-state index contributed by atoms with van der Waals surface area (Å²) in [6.45, 7) is 17.0. The molecule has 104 valence electrons. The second-order valence-corrected chi connectivity index (χ2v) is 4.24. The van der Waals surface area contributed by atoms with E-state index in [2.05, 4.69) is 34.4 Å². The van der Waals surface area contributed by atoms with Crippen LogP contribution in [0, 0.1) is 0 Å². The third-order valence-electron chi connectivity index (χ3n) is 3.00. The van der Waals surface area contributed by atoms with Crippen molar-refractivity contribution in [2.24, 2.45) is 0 Å². The Bertz CT molecular complexity index is 140. The highest BCUT2D eigenvalue weighted by molar-refractivity contribution is 4.64. The lowest BCUT2D eigenvalue weighted by atomic mass is 10.4. The normalized spacial score (nSPS) is 21.9. The van der Waals surface area contributed by atoms with Crippen LogP contribution in [0.25, 0.3) is 0 Å². The van der Waals surface area contributed by atoms with Crippen LogP contribution in [0.3, 0.4) is 0 Å². The molecular formula is C13H32N4. The second-order valence-electron chi connectivity index (χ2n) is 4.24. The maximum atomic E-state index is 3.31. The lowest BCUT2D eigenvalue weighted by molar-refractivity contribution is 0.253. The Balaban J connectivity index is 0.000000265. The van der Waals surface area contributed by atoms with Crippen molar-refractivity contribution in [3.63, 3.8) is 0 Å². The zero-order chi connectivity index (χ0) is 12.9. The number of piperazine rings is 2. The highest BCUT2D eigenvalue weighted by atomic mass is 15.2. The molecule has 0 spiro atoms. The van der Waals surface area contributed by atoms with Crippen LogP contribution in [-0.4, -0.2) is 75.8 Å². The summed E-state index contributed by atoms with van der Waals surface area (Å²) in [6.07, 6.45) is 0. The van der Waals surface area contributed by atoms with Crippen LogP contribution in [-0.2, 0) is 0 Å². The number of rotatable bonds is 1. The molecule has 2 N–H and O–H groups in total. The second kappa shape index (κ2) is 12.3. The first kappa shape index (κ1) is 16.8. The Kier molecular flexibility index (Phi) is 12.2. The molecule has 0 aromatic carbocycles. The van der Waals surface area contributed by atoms with E-state index in [0.29, 0.717) is 0 Å². The van der Waals surface area contributed by atoms with Gasteiger partial charge in [-0.1, -0.05) is 20.8 Å². The van der Waals surface area contributed by atoms with E-state index in [1.165, 1.54) is 45.8 Å². The van der Waals surface area contributed by atoms with Gasteiger partial charge in [-0.3, -0.25) is 0 Å². The minimum atomic E-state index is 1.16. The van der Waals surface area contributed by atoms with E-state index in [0.717, 1.165) is 13.1 Å². The first-order valence-corrected chi connectivity index (χ1v) is 7.15. The molecule has 2 fully saturated rings. The Hall–Kier alpha value is -0.160. The van der Waals surface area contributed by atoms with E-state index >= 15 is 0 Å². The monoisotopic (exact) mass is 244 g/mol. The van der Waals surface area contributed by atoms with Crippen molar-refractivity contribution in [2.45, 2.75) is 20.8 Å². The average Bonchev–Trinajstić information content (AvgIpc) is 2.43. The molecular weight excluding hydrogens is 212 g/mol. The van der Waals surface area contributed by atoms with Crippen LogP contribution in [0.5, 0.6) is 0 Å². The minimum absolute atomic E-state index is 1.16. The SMILES string of the molecule is CC.CCN1CCNCC1.CN1CCNCC1. The third kappa shape index (κ3) is 9.53. The summed E-state index contributed by atoms with van der Waals surface area (Å²) in [7, 11) is 2.15. The van der Waals surface area contributed by atoms with Crippen molar-refractivity contribution in [2.75, 3.05) is 66.0 Å². The van der Waals surface area contributed by atoms with E-state index in [1.807, 2.05) is 13.8 Å². The van der Waals surface area contributed by atoms with E-state index in [1.54, 1.807) is 0 Å². The fourth-order valence-electron chi connectivity index (χ4n) is 1.80. The largest absolute Gasteiger partial charge is 0.314 e. The Labute approximate surface area is 108 Å². The molecule has 2 rings (SSSR count). The summed E-state index contributed by atoms with van der Waals surface area (Å²) in [5.74, 6) is 0. The van der Waals surface area contributed by atoms with Gasteiger partial charge >= 0.3 is 0 Å². The molecule has 17 heavy (non-hydrogen) atoms. The molecule has 2 aliphatic heterocycles. The van der Waals surface area contributed by atoms with E-state index in [4.69, 9.17) is 0 Å². The lowest BCUT2D eigenvalue weighted by Crippen LogP contribution is -2.43. The van der Waals surface area contributed by atoms with Crippen LogP contribution in [0.2, 0.25) is 0 Å². The molecule has 0 bridgehead atoms. The zero-order valence-corrected chi connectivity index (χ0v) is 12.3. The number of likely N-dealkylation sites (N-methyl/N-ethyl adjacent to an activating group) is 2. The summed E-state index contributed by atoms with van der Waals surface area (Å²) in [5, 5.41) is 6.58. The van der Waals surface area contributed by atoms with E-state index in [-0.39, 0.29) is 0 Å². The predicted octanol–water partition coefficient (Wildman–Crippen LogP) is 0.459. The topological polar surface area (TPSA) is 30.5 Å². The van der Waals surface area contributed by atoms with Crippen molar-refractivity contribution >= 4 is 0 Å². The van der Waals surface area contributed by atoms with Crippen LogP contribution in [0.4, 0.5) is 0 Å². The molecule has 0 unspecified atom stereocenters. The van der Waals surface area contributed by atoms with Gasteiger partial charge in [0.1, 0.15) is 0 Å². The van der Waals surface area contributed by atoms with Gasteiger partial charge in [-0.05, 0) is 13.6 Å². The van der Waals surface area contributed by atoms with Gasteiger partial charge in [-0.25, -0.2) is 0 Å². The highest BCUT2D eigenvalue weighted by Gasteiger charge is 2.04. The molecule has 2 aliphatic rings. The number of hydrogen-bond acceptors (Lipinski definition) is 4. The maximum absolute atomic E-state index is 3.31.